The molecule has 2 rings (SSSR count). The molecule has 3 amide bonds. The summed E-state index contributed by atoms with van der Waals surface area (Å²) >= 11 is 0.990. The van der Waals surface area contributed by atoms with Crippen LogP contribution in [0.4, 0.5) is 4.79 Å². The lowest BCUT2D eigenvalue weighted by Gasteiger charge is -2.17. The maximum absolute atomic E-state index is 12.1. The van der Waals surface area contributed by atoms with E-state index in [1.54, 1.807) is 30.3 Å². The SMILES string of the molecule is NC(=O)N[C@@H](CC(=O)NCc1ccc(S(N)(=O)=O)s1)c1ccccc1. The predicted octanol–water partition coefficient (Wildman–Crippen LogP) is 0.811. The van der Waals surface area contributed by atoms with E-state index in [0.29, 0.717) is 4.88 Å². The molecule has 8 nitrogen and oxygen atoms in total. The van der Waals surface area contributed by atoms with E-state index in [0.717, 1.165) is 16.9 Å². The molecule has 134 valence electrons. The van der Waals surface area contributed by atoms with Gasteiger partial charge in [-0.25, -0.2) is 18.4 Å². The Balaban J connectivity index is 1.97. The smallest absolute Gasteiger partial charge is 0.312 e. The Morgan fingerprint density at radius 1 is 1.12 bits per heavy atom. The molecule has 2 aromatic rings. The number of nitrogens with one attached hydrogen (secondary N) is 2. The van der Waals surface area contributed by atoms with Crippen LogP contribution in [0.1, 0.15) is 22.9 Å². The lowest BCUT2D eigenvalue weighted by atomic mass is 10.0. The topological polar surface area (TPSA) is 144 Å². The molecule has 0 bridgehead atoms. The van der Waals surface area contributed by atoms with Gasteiger partial charge in [0.25, 0.3) is 0 Å². The van der Waals surface area contributed by atoms with Gasteiger partial charge in [0, 0.05) is 4.88 Å². The summed E-state index contributed by atoms with van der Waals surface area (Å²) in [6.07, 6.45) is 0.000370. The zero-order chi connectivity index (χ0) is 18.4. The maximum Gasteiger partial charge on any atom is 0.312 e. The first-order valence-corrected chi connectivity index (χ1v) is 9.61. The minimum atomic E-state index is -3.74. The molecule has 0 unspecified atom stereocenters. The van der Waals surface area contributed by atoms with E-state index in [9.17, 15) is 18.0 Å². The van der Waals surface area contributed by atoms with Gasteiger partial charge in [-0.2, -0.15) is 0 Å². The lowest BCUT2D eigenvalue weighted by molar-refractivity contribution is -0.121. The molecule has 0 fully saturated rings. The number of hydrogen-bond donors (Lipinski definition) is 4. The van der Waals surface area contributed by atoms with Gasteiger partial charge in [0.05, 0.1) is 19.0 Å². The molecule has 6 N–H and O–H groups in total. The van der Waals surface area contributed by atoms with Gasteiger partial charge in [-0.15, -0.1) is 11.3 Å². The summed E-state index contributed by atoms with van der Waals surface area (Å²) in [5.41, 5.74) is 5.92. The number of hydrogen-bond acceptors (Lipinski definition) is 5. The van der Waals surface area contributed by atoms with Crippen LogP contribution in [0.5, 0.6) is 0 Å². The van der Waals surface area contributed by atoms with Gasteiger partial charge in [0.2, 0.25) is 15.9 Å². The van der Waals surface area contributed by atoms with E-state index in [-0.39, 0.29) is 23.1 Å². The molecule has 1 atom stereocenters. The van der Waals surface area contributed by atoms with E-state index >= 15 is 0 Å². The second-order valence-corrected chi connectivity index (χ2v) is 8.18. The number of urea groups is 1. The highest BCUT2D eigenvalue weighted by atomic mass is 32.2. The summed E-state index contributed by atoms with van der Waals surface area (Å²) in [6, 6.07) is 10.7. The normalized spacial score (nSPS) is 12.4. The minimum absolute atomic E-state index is 0.000370. The van der Waals surface area contributed by atoms with Crippen molar-refractivity contribution in [3.05, 3.63) is 52.9 Å². The average molecular weight is 382 g/mol. The van der Waals surface area contributed by atoms with Crippen LogP contribution in [0, 0.1) is 0 Å². The van der Waals surface area contributed by atoms with Crippen LogP contribution >= 0.6 is 11.3 Å². The van der Waals surface area contributed by atoms with E-state index in [1.165, 1.54) is 6.07 Å². The summed E-state index contributed by atoms with van der Waals surface area (Å²) in [4.78, 5) is 23.9. The van der Waals surface area contributed by atoms with Crippen LogP contribution in [0.2, 0.25) is 0 Å². The molecule has 1 heterocycles. The zero-order valence-electron chi connectivity index (χ0n) is 13.1. The number of nitrogens with two attached hydrogens (primary N) is 2. The first-order chi connectivity index (χ1) is 11.8. The van der Waals surface area contributed by atoms with Gasteiger partial charge in [-0.1, -0.05) is 30.3 Å². The quantitative estimate of drug-likeness (QED) is 0.561. The fraction of sp³-hybridized carbons (Fsp3) is 0.200. The molecule has 0 spiro atoms. The third-order valence-electron chi connectivity index (χ3n) is 3.29. The Labute approximate surface area is 149 Å². The molecule has 0 aliphatic heterocycles. The standard InChI is InChI=1S/C15H18N4O4S2/c16-15(21)19-12(10-4-2-1-3-5-10)8-13(20)18-9-11-6-7-14(24-11)25(17,22)23/h1-7,12H,8-9H2,(H,18,20)(H3,16,19,21)(H2,17,22,23)/t12-/m0/s1. The van der Waals surface area contributed by atoms with E-state index in [2.05, 4.69) is 10.6 Å². The average Bonchev–Trinajstić information content (AvgIpc) is 3.02. The van der Waals surface area contributed by atoms with Crippen molar-refractivity contribution >= 4 is 33.3 Å². The Morgan fingerprint density at radius 3 is 2.36 bits per heavy atom. The fourth-order valence-electron chi connectivity index (χ4n) is 2.16. The Hall–Kier alpha value is -2.43. The molecule has 0 saturated carbocycles. The highest BCUT2D eigenvalue weighted by molar-refractivity contribution is 7.91. The van der Waals surface area contributed by atoms with Crippen molar-refractivity contribution in [2.45, 2.75) is 23.2 Å². The summed E-state index contributed by atoms with van der Waals surface area (Å²) in [5, 5.41) is 10.3. The van der Waals surface area contributed by atoms with Crippen LogP contribution < -0.4 is 21.5 Å². The van der Waals surface area contributed by atoms with Crippen LogP contribution in [0.25, 0.3) is 0 Å². The van der Waals surface area contributed by atoms with Crippen molar-refractivity contribution in [1.29, 1.82) is 0 Å². The summed E-state index contributed by atoms with van der Waals surface area (Å²) in [7, 11) is -3.74. The molecule has 0 saturated heterocycles. The number of sulfonamides is 1. The molecule has 1 aromatic carbocycles. The summed E-state index contributed by atoms with van der Waals surface area (Å²) in [6.45, 7) is 0.164. The van der Waals surface area contributed by atoms with Crippen LogP contribution in [0.3, 0.4) is 0 Å². The molecule has 0 aliphatic rings. The van der Waals surface area contributed by atoms with Gasteiger partial charge < -0.3 is 16.4 Å². The molecular weight excluding hydrogens is 364 g/mol. The van der Waals surface area contributed by atoms with E-state index in [4.69, 9.17) is 10.9 Å². The predicted molar refractivity (Wildman–Crippen MR) is 94.1 cm³/mol. The molecule has 10 heteroatoms. The highest BCUT2D eigenvalue weighted by Crippen LogP contribution is 2.20. The van der Waals surface area contributed by atoms with Crippen molar-refractivity contribution in [2.75, 3.05) is 0 Å². The largest absolute Gasteiger partial charge is 0.352 e. The number of thiophene rings is 1. The number of primary amides is 1. The minimum Gasteiger partial charge on any atom is -0.352 e. The third-order valence-corrected chi connectivity index (χ3v) is 5.81. The monoisotopic (exact) mass is 382 g/mol. The lowest BCUT2D eigenvalue weighted by Crippen LogP contribution is -2.36. The maximum atomic E-state index is 12.1. The van der Waals surface area contributed by atoms with Crippen LogP contribution in [-0.4, -0.2) is 20.4 Å². The second-order valence-electron chi connectivity index (χ2n) is 5.22. The fourth-order valence-corrected chi connectivity index (χ4v) is 3.88. The van der Waals surface area contributed by atoms with Gasteiger partial charge >= 0.3 is 6.03 Å². The van der Waals surface area contributed by atoms with E-state index in [1.807, 2.05) is 6.07 Å². The van der Waals surface area contributed by atoms with Gasteiger partial charge in [0.15, 0.2) is 0 Å². The number of primary sulfonamides is 1. The molecule has 0 radical (unpaired) electrons. The van der Waals surface area contributed by atoms with Crippen molar-refractivity contribution in [3.8, 4) is 0 Å². The highest BCUT2D eigenvalue weighted by Gasteiger charge is 2.17. The number of rotatable bonds is 7. The van der Waals surface area contributed by atoms with E-state index < -0.39 is 22.1 Å². The number of carbonyl (C=O) groups is 2. The molecule has 25 heavy (non-hydrogen) atoms. The molecular formula is C15H18N4O4S2. The second kappa shape index (κ2) is 8.10. The first kappa shape index (κ1) is 18.9. The Morgan fingerprint density at radius 2 is 1.80 bits per heavy atom. The van der Waals surface area contributed by atoms with Gasteiger partial charge in [-0.3, -0.25) is 4.79 Å². The Bertz CT molecular complexity index is 849. The van der Waals surface area contributed by atoms with Gasteiger partial charge in [0.1, 0.15) is 4.21 Å². The van der Waals surface area contributed by atoms with Gasteiger partial charge in [-0.05, 0) is 17.7 Å². The van der Waals surface area contributed by atoms with Crippen molar-refractivity contribution in [1.82, 2.24) is 10.6 Å². The zero-order valence-corrected chi connectivity index (χ0v) is 14.8. The number of benzene rings is 1. The first-order valence-electron chi connectivity index (χ1n) is 7.25. The summed E-state index contributed by atoms with van der Waals surface area (Å²) in [5.74, 6) is -0.312. The molecule has 0 aliphatic carbocycles. The van der Waals surface area contributed by atoms with Crippen molar-refractivity contribution < 1.29 is 18.0 Å². The van der Waals surface area contributed by atoms with Crippen molar-refractivity contribution in [3.63, 3.8) is 0 Å². The Kier molecular flexibility index (Phi) is 6.12. The summed E-state index contributed by atoms with van der Waals surface area (Å²) < 4.78 is 22.5. The van der Waals surface area contributed by atoms with Crippen LogP contribution in [0.15, 0.2) is 46.7 Å². The number of amides is 3. The number of carbonyl (C=O) groups excluding carboxylic acids is 2. The van der Waals surface area contributed by atoms with Crippen molar-refractivity contribution in [2.24, 2.45) is 10.9 Å². The van der Waals surface area contributed by atoms with Crippen LogP contribution in [-0.2, 0) is 21.4 Å². The third kappa shape index (κ3) is 5.85. The molecule has 1 aromatic heterocycles.